The molecule has 0 radical (unpaired) electrons. The monoisotopic (exact) mass is 337 g/mol. The van der Waals surface area contributed by atoms with E-state index in [2.05, 4.69) is 41.3 Å². The summed E-state index contributed by atoms with van der Waals surface area (Å²) in [6, 6.07) is 1.22. The largest absolute Gasteiger partial charge is 0.450 e. The number of aliphatic hydroxyl groups is 1. The van der Waals surface area contributed by atoms with Gasteiger partial charge in [0.25, 0.3) is 0 Å². The molecule has 2 heterocycles. The van der Waals surface area contributed by atoms with Crippen molar-refractivity contribution in [3.05, 3.63) is 22.3 Å². The second-order valence-corrected chi connectivity index (χ2v) is 5.62. The van der Waals surface area contributed by atoms with Crippen LogP contribution in [-0.4, -0.2) is 34.1 Å². The van der Waals surface area contributed by atoms with E-state index in [1.54, 1.807) is 0 Å². The van der Waals surface area contributed by atoms with Crippen molar-refractivity contribution < 1.29 is 17.9 Å². The van der Waals surface area contributed by atoms with Crippen molar-refractivity contribution in [2.75, 3.05) is 0 Å². The fourth-order valence-corrected chi connectivity index (χ4v) is 3.13. The lowest BCUT2D eigenvalue weighted by Crippen LogP contribution is -2.23. The van der Waals surface area contributed by atoms with E-state index in [1.807, 2.05) is 0 Å². The van der Waals surface area contributed by atoms with Crippen LogP contribution in [0, 0.1) is 0 Å². The Kier molecular flexibility index (Phi) is 3.75. The van der Waals surface area contributed by atoms with Gasteiger partial charge in [0.05, 0.1) is 6.54 Å². The minimum Gasteiger partial charge on any atom is -0.450 e. The first-order valence-electron chi connectivity index (χ1n) is 4.64. The van der Waals surface area contributed by atoms with Crippen LogP contribution < -0.4 is 4.72 Å². The number of rotatable bonds is 5. The highest BCUT2D eigenvalue weighted by Crippen LogP contribution is 2.26. The molecular formula is C7H8BrN5O4S. The summed E-state index contributed by atoms with van der Waals surface area (Å²) in [5.41, 5.74) is 0. The average molecular weight is 338 g/mol. The smallest absolute Gasteiger partial charge is 0.245 e. The van der Waals surface area contributed by atoms with Crippen molar-refractivity contribution in [1.82, 2.24) is 25.3 Å². The van der Waals surface area contributed by atoms with Gasteiger partial charge in [-0.25, -0.2) is 13.1 Å². The fraction of sp³-hybridized carbons (Fsp3) is 0.286. The summed E-state index contributed by atoms with van der Waals surface area (Å²) in [5, 5.41) is 21.6. The van der Waals surface area contributed by atoms with Crippen LogP contribution in [0.25, 0.3) is 0 Å². The minimum absolute atomic E-state index is 0.0205. The van der Waals surface area contributed by atoms with Gasteiger partial charge in [-0.1, -0.05) is 5.21 Å². The zero-order valence-corrected chi connectivity index (χ0v) is 11.2. The van der Waals surface area contributed by atoms with E-state index < -0.39 is 10.0 Å². The predicted molar refractivity (Wildman–Crippen MR) is 60.5 cm³/mol. The zero-order chi connectivity index (χ0) is 13.2. The van der Waals surface area contributed by atoms with E-state index in [0.29, 0.717) is 0 Å². The quantitative estimate of drug-likeness (QED) is 0.671. The molecule has 0 bridgehead atoms. The maximum Gasteiger partial charge on any atom is 0.245 e. The number of nitrogens with one attached hydrogen (secondary N) is 2. The highest BCUT2D eigenvalue weighted by Gasteiger charge is 2.22. The van der Waals surface area contributed by atoms with E-state index in [0.717, 1.165) is 0 Å². The van der Waals surface area contributed by atoms with Crippen molar-refractivity contribution in [3.63, 3.8) is 0 Å². The zero-order valence-electron chi connectivity index (χ0n) is 8.79. The van der Waals surface area contributed by atoms with Gasteiger partial charge in [-0.05, 0) is 15.9 Å². The number of aliphatic hydroxyl groups excluding tert-OH is 1. The number of hydrogen-bond donors (Lipinski definition) is 3. The number of furan rings is 1. The number of tetrazole rings is 1. The van der Waals surface area contributed by atoms with Gasteiger partial charge in [-0.15, -0.1) is 10.2 Å². The molecule has 2 aromatic heterocycles. The van der Waals surface area contributed by atoms with Crippen molar-refractivity contribution >= 4 is 26.0 Å². The number of nitrogens with zero attached hydrogens (tertiary/aromatic N) is 3. The van der Waals surface area contributed by atoms with Crippen LogP contribution in [0.3, 0.4) is 0 Å². The summed E-state index contributed by atoms with van der Waals surface area (Å²) in [5.74, 6) is 0.349. The van der Waals surface area contributed by atoms with Crippen LogP contribution in [0.15, 0.2) is 20.0 Å². The third-order valence-electron chi connectivity index (χ3n) is 1.96. The van der Waals surface area contributed by atoms with Gasteiger partial charge >= 0.3 is 0 Å². The lowest BCUT2D eigenvalue weighted by molar-refractivity contribution is 0.245. The van der Waals surface area contributed by atoms with Crippen molar-refractivity contribution in [2.24, 2.45) is 0 Å². The molecule has 18 heavy (non-hydrogen) atoms. The Morgan fingerprint density at radius 3 is 2.89 bits per heavy atom. The van der Waals surface area contributed by atoms with Gasteiger partial charge in [0, 0.05) is 6.07 Å². The molecule has 0 spiro atoms. The molecule has 0 saturated carbocycles. The molecule has 0 saturated heterocycles. The number of aromatic nitrogens is 4. The molecule has 0 atom stereocenters. The lowest BCUT2D eigenvalue weighted by Gasteiger charge is -2.01. The number of H-pyrrole nitrogens is 1. The highest BCUT2D eigenvalue weighted by atomic mass is 79.9. The van der Waals surface area contributed by atoms with Crippen molar-refractivity contribution in [2.45, 2.75) is 18.0 Å². The standard InChI is InChI=1S/C7H8BrN5O4S/c8-7-5(1-4(3-14)17-7)18(15,16)9-2-6-10-12-13-11-6/h1,9,14H,2-3H2,(H,10,11,12,13). The number of sulfonamides is 1. The minimum atomic E-state index is -3.78. The summed E-state index contributed by atoms with van der Waals surface area (Å²) in [6.45, 7) is -0.496. The maximum atomic E-state index is 11.9. The second-order valence-electron chi connectivity index (χ2n) is 3.16. The van der Waals surface area contributed by atoms with Gasteiger partial charge in [-0.3, -0.25) is 0 Å². The first-order chi connectivity index (χ1) is 8.53. The Morgan fingerprint density at radius 1 is 1.56 bits per heavy atom. The summed E-state index contributed by atoms with van der Waals surface area (Å²) >= 11 is 2.97. The molecule has 2 rings (SSSR count). The third-order valence-corrected chi connectivity index (χ3v) is 4.22. The number of aromatic amines is 1. The van der Waals surface area contributed by atoms with Gasteiger partial charge < -0.3 is 9.52 Å². The Labute approximate surface area is 110 Å². The molecule has 0 aromatic carbocycles. The number of halogens is 1. The maximum absolute atomic E-state index is 11.9. The summed E-state index contributed by atoms with van der Waals surface area (Å²) in [6.07, 6.45) is 0. The van der Waals surface area contributed by atoms with E-state index >= 15 is 0 Å². The van der Waals surface area contributed by atoms with Gasteiger partial charge in [0.2, 0.25) is 10.0 Å². The van der Waals surface area contributed by atoms with Crippen molar-refractivity contribution in [1.29, 1.82) is 0 Å². The van der Waals surface area contributed by atoms with Crippen LogP contribution >= 0.6 is 15.9 Å². The van der Waals surface area contributed by atoms with E-state index in [1.165, 1.54) is 6.07 Å². The molecule has 0 aliphatic carbocycles. The normalized spacial score (nSPS) is 11.9. The first-order valence-corrected chi connectivity index (χ1v) is 6.91. The van der Waals surface area contributed by atoms with Gasteiger partial charge in [-0.2, -0.15) is 5.21 Å². The topological polar surface area (TPSA) is 134 Å². The van der Waals surface area contributed by atoms with Crippen LogP contribution in [0.5, 0.6) is 0 Å². The summed E-state index contributed by atoms with van der Waals surface area (Å²) < 4.78 is 31.1. The fourth-order valence-electron chi connectivity index (χ4n) is 1.15. The predicted octanol–water partition coefficient (Wildman–Crippen LogP) is -0.474. The van der Waals surface area contributed by atoms with Gasteiger partial charge in [0.15, 0.2) is 10.5 Å². The molecule has 9 nitrogen and oxygen atoms in total. The van der Waals surface area contributed by atoms with Crippen LogP contribution in [-0.2, 0) is 23.2 Å². The SMILES string of the molecule is O=S(=O)(NCc1nn[nH]n1)c1cc(CO)oc1Br. The van der Waals surface area contributed by atoms with E-state index in [4.69, 9.17) is 9.52 Å². The van der Waals surface area contributed by atoms with Crippen LogP contribution in [0.2, 0.25) is 0 Å². The molecule has 0 aliphatic rings. The molecule has 2 aromatic rings. The number of hydrogen-bond acceptors (Lipinski definition) is 7. The molecule has 11 heteroatoms. The Bertz CT molecular complexity index is 622. The molecule has 0 aliphatic heterocycles. The van der Waals surface area contributed by atoms with Crippen molar-refractivity contribution in [3.8, 4) is 0 Å². The first kappa shape index (κ1) is 13.1. The van der Waals surface area contributed by atoms with Crippen LogP contribution in [0.1, 0.15) is 11.6 Å². The van der Waals surface area contributed by atoms with E-state index in [-0.39, 0.29) is 34.3 Å². The molecule has 0 fully saturated rings. The highest BCUT2D eigenvalue weighted by molar-refractivity contribution is 9.10. The summed E-state index contributed by atoms with van der Waals surface area (Å²) in [7, 11) is -3.78. The van der Waals surface area contributed by atoms with Gasteiger partial charge in [0.1, 0.15) is 17.3 Å². The van der Waals surface area contributed by atoms with Crippen LogP contribution in [0.4, 0.5) is 0 Å². The Morgan fingerprint density at radius 2 is 2.33 bits per heavy atom. The summed E-state index contributed by atoms with van der Waals surface area (Å²) in [4.78, 5) is -0.102. The average Bonchev–Trinajstić information content (AvgIpc) is 2.95. The molecule has 3 N–H and O–H groups in total. The molecular weight excluding hydrogens is 330 g/mol. The Balaban J connectivity index is 2.17. The second kappa shape index (κ2) is 5.14. The van der Waals surface area contributed by atoms with E-state index in [9.17, 15) is 8.42 Å². The third kappa shape index (κ3) is 2.75. The lowest BCUT2D eigenvalue weighted by atomic mass is 10.5. The molecule has 0 unspecified atom stereocenters. The molecule has 98 valence electrons. The Hall–Kier alpha value is -1.30. The molecule has 0 amide bonds.